The lowest BCUT2D eigenvalue weighted by atomic mass is 10.1. The molecule has 2 aromatic carbocycles. The molecule has 2 heterocycles. The highest BCUT2D eigenvalue weighted by atomic mass is 16.5. The fourth-order valence-corrected chi connectivity index (χ4v) is 3.37. The summed E-state index contributed by atoms with van der Waals surface area (Å²) in [6.45, 7) is 6.00. The van der Waals surface area contributed by atoms with Crippen molar-refractivity contribution >= 4 is 35.2 Å². The van der Waals surface area contributed by atoms with Crippen molar-refractivity contribution < 1.29 is 9.53 Å². The van der Waals surface area contributed by atoms with Crippen molar-refractivity contribution in [2.45, 2.75) is 13.5 Å². The van der Waals surface area contributed by atoms with Gasteiger partial charge < -0.3 is 15.4 Å². The van der Waals surface area contributed by atoms with Crippen LogP contribution in [0.5, 0.6) is 5.75 Å². The van der Waals surface area contributed by atoms with Crippen molar-refractivity contribution in [3.8, 4) is 5.75 Å². The Morgan fingerprint density at radius 3 is 2.70 bits per heavy atom. The van der Waals surface area contributed by atoms with E-state index >= 15 is 0 Å². The van der Waals surface area contributed by atoms with Crippen molar-refractivity contribution in [1.82, 2.24) is 30.3 Å². The number of fused-ring (bicyclic) bond motifs is 1. The average molecular weight is 441 g/mol. The number of hydrogen-bond acceptors (Lipinski definition) is 7. The minimum absolute atomic E-state index is 0.179. The predicted octanol–water partition coefficient (Wildman–Crippen LogP) is 1.97. The lowest BCUT2D eigenvalue weighted by Gasteiger charge is -2.10. The number of para-hydroxylation sites is 1. The van der Waals surface area contributed by atoms with Gasteiger partial charge in [-0.2, -0.15) is 4.52 Å². The van der Waals surface area contributed by atoms with Crippen LogP contribution >= 0.6 is 0 Å². The third-order valence-electron chi connectivity index (χ3n) is 5.00. The number of nitrogens with one attached hydrogen (secondary N) is 2. The van der Waals surface area contributed by atoms with Gasteiger partial charge in [-0.3, -0.25) is 4.79 Å². The zero-order chi connectivity index (χ0) is 23.2. The van der Waals surface area contributed by atoms with E-state index in [4.69, 9.17) is 4.74 Å². The first kappa shape index (κ1) is 21.7. The molecule has 2 aromatic heterocycles. The number of rotatable bonds is 7. The monoisotopic (exact) mass is 441 g/mol. The van der Waals surface area contributed by atoms with Crippen LogP contribution in [0.4, 0.5) is 11.5 Å². The number of carbonyl (C=O) groups is 1. The smallest absolute Gasteiger partial charge is 0.251 e. The van der Waals surface area contributed by atoms with Crippen molar-refractivity contribution in [3.05, 3.63) is 83.0 Å². The third kappa shape index (κ3) is 4.57. The van der Waals surface area contributed by atoms with Crippen molar-refractivity contribution in [2.24, 2.45) is 0 Å². The van der Waals surface area contributed by atoms with Gasteiger partial charge in [0.1, 0.15) is 5.75 Å². The number of hydrogen-bond donors (Lipinski definition) is 2. The molecule has 0 unspecified atom stereocenters. The van der Waals surface area contributed by atoms with Gasteiger partial charge in [0.25, 0.3) is 5.91 Å². The van der Waals surface area contributed by atoms with E-state index in [1.54, 1.807) is 48.0 Å². The Balaban J connectivity index is 1.53. The maximum Gasteiger partial charge on any atom is 0.251 e. The summed E-state index contributed by atoms with van der Waals surface area (Å²) in [5.41, 5.74) is 2.67. The lowest BCUT2D eigenvalue weighted by molar-refractivity contribution is 0.0950. The molecule has 0 saturated carbocycles. The van der Waals surface area contributed by atoms with E-state index in [9.17, 15) is 4.79 Å². The van der Waals surface area contributed by atoms with E-state index in [0.29, 0.717) is 28.9 Å². The zero-order valence-corrected chi connectivity index (χ0v) is 18.3. The SMILES string of the molecule is C=C/C=c1\c(=C/C)nc(Nc2ccc(C(=O)NCc3ccccc3OC)cc2)c2nnnn12. The molecular formula is C24H23N7O2. The zero-order valence-electron chi connectivity index (χ0n) is 18.3. The number of ether oxygens (including phenoxy) is 1. The summed E-state index contributed by atoms with van der Waals surface area (Å²) in [4.78, 5) is 17.2. The second kappa shape index (κ2) is 9.73. The summed E-state index contributed by atoms with van der Waals surface area (Å²) >= 11 is 0. The van der Waals surface area contributed by atoms with E-state index in [-0.39, 0.29) is 5.91 Å². The third-order valence-corrected chi connectivity index (χ3v) is 5.00. The molecule has 0 aliphatic rings. The molecular weight excluding hydrogens is 418 g/mol. The number of allylic oxidation sites excluding steroid dienone is 1. The van der Waals surface area contributed by atoms with Crippen LogP contribution in [0.25, 0.3) is 17.8 Å². The predicted molar refractivity (Wildman–Crippen MR) is 127 cm³/mol. The summed E-state index contributed by atoms with van der Waals surface area (Å²) < 4.78 is 6.93. The molecule has 9 heteroatoms. The number of benzene rings is 2. The van der Waals surface area contributed by atoms with Crippen LogP contribution in [-0.2, 0) is 6.54 Å². The second-order valence-corrected chi connectivity index (χ2v) is 7.03. The molecule has 166 valence electrons. The number of tetrazole rings is 1. The van der Waals surface area contributed by atoms with E-state index < -0.39 is 0 Å². The van der Waals surface area contributed by atoms with Crippen molar-refractivity contribution in [1.29, 1.82) is 0 Å². The van der Waals surface area contributed by atoms with Gasteiger partial charge in [-0.15, -0.1) is 5.10 Å². The van der Waals surface area contributed by atoms with Crippen LogP contribution < -0.4 is 26.1 Å². The fourth-order valence-electron chi connectivity index (χ4n) is 3.37. The first-order chi connectivity index (χ1) is 16.1. The molecule has 1 amide bonds. The standard InChI is InChI=1S/C24H23N7O2/c1-4-8-20-19(5-2)27-22(23-28-29-30-31(20)23)26-18-13-11-16(12-14-18)24(32)25-15-17-9-6-7-10-21(17)33-3/h4-14H,1,15H2,2-3H3,(H,25,32)(H,26,27)/b19-5+,20-8+. The van der Waals surface area contributed by atoms with Gasteiger partial charge >= 0.3 is 0 Å². The highest BCUT2D eigenvalue weighted by Crippen LogP contribution is 2.18. The molecule has 0 fully saturated rings. The topological polar surface area (TPSA) is 106 Å². The Bertz CT molecular complexity index is 1430. The van der Waals surface area contributed by atoms with Gasteiger partial charge in [0.05, 0.1) is 17.8 Å². The highest BCUT2D eigenvalue weighted by Gasteiger charge is 2.11. The first-order valence-corrected chi connectivity index (χ1v) is 10.3. The minimum Gasteiger partial charge on any atom is -0.496 e. The molecule has 0 spiro atoms. The normalized spacial score (nSPS) is 12.1. The minimum atomic E-state index is -0.179. The molecule has 0 aliphatic carbocycles. The highest BCUT2D eigenvalue weighted by molar-refractivity contribution is 5.94. The molecule has 4 rings (SSSR count). The first-order valence-electron chi connectivity index (χ1n) is 10.3. The Morgan fingerprint density at radius 1 is 1.18 bits per heavy atom. The van der Waals surface area contributed by atoms with Crippen LogP contribution in [0, 0.1) is 0 Å². The summed E-state index contributed by atoms with van der Waals surface area (Å²) in [6, 6.07) is 14.7. The number of aromatic nitrogens is 5. The van der Waals surface area contributed by atoms with Crippen LogP contribution in [0.15, 0.2) is 61.2 Å². The van der Waals surface area contributed by atoms with Gasteiger partial charge in [-0.05, 0) is 53.8 Å². The number of carbonyl (C=O) groups excluding carboxylic acids is 1. The quantitative estimate of drug-likeness (QED) is 0.452. The van der Waals surface area contributed by atoms with E-state index in [2.05, 4.69) is 37.7 Å². The average Bonchev–Trinajstić information content (AvgIpc) is 3.35. The summed E-state index contributed by atoms with van der Waals surface area (Å²) in [5, 5.41) is 19.5. The Hall–Kier alpha value is -4.53. The number of methoxy groups -OCH3 is 1. The lowest BCUT2D eigenvalue weighted by Crippen LogP contribution is -2.35. The van der Waals surface area contributed by atoms with E-state index in [1.165, 1.54) is 0 Å². The molecule has 0 bridgehead atoms. The summed E-state index contributed by atoms with van der Waals surface area (Å²) in [7, 11) is 1.61. The number of amides is 1. The molecule has 0 saturated heterocycles. The van der Waals surface area contributed by atoms with Crippen molar-refractivity contribution in [3.63, 3.8) is 0 Å². The Labute approximate surface area is 190 Å². The summed E-state index contributed by atoms with van der Waals surface area (Å²) in [6.07, 6.45) is 5.33. The second-order valence-electron chi connectivity index (χ2n) is 7.03. The maximum atomic E-state index is 12.6. The maximum absolute atomic E-state index is 12.6. The largest absolute Gasteiger partial charge is 0.496 e. The van der Waals surface area contributed by atoms with Crippen LogP contribution in [0.2, 0.25) is 0 Å². The van der Waals surface area contributed by atoms with Crippen LogP contribution in [0.1, 0.15) is 22.8 Å². The molecule has 0 radical (unpaired) electrons. The summed E-state index contributed by atoms with van der Waals surface area (Å²) in [5.74, 6) is 1.06. The molecule has 9 nitrogen and oxygen atoms in total. The number of nitrogens with zero attached hydrogens (tertiary/aromatic N) is 5. The molecule has 0 atom stereocenters. The molecule has 4 aromatic rings. The Kier molecular flexibility index (Phi) is 6.40. The Morgan fingerprint density at radius 2 is 1.97 bits per heavy atom. The van der Waals surface area contributed by atoms with E-state index in [0.717, 1.165) is 22.3 Å². The molecule has 2 N–H and O–H groups in total. The van der Waals surface area contributed by atoms with Gasteiger partial charge in [-0.25, -0.2) is 4.98 Å². The van der Waals surface area contributed by atoms with Gasteiger partial charge in [0, 0.05) is 23.4 Å². The number of anilines is 2. The fraction of sp³-hybridized carbons (Fsp3) is 0.125. The van der Waals surface area contributed by atoms with Crippen molar-refractivity contribution in [2.75, 3.05) is 12.4 Å². The van der Waals surface area contributed by atoms with Gasteiger partial charge in [0.15, 0.2) is 5.82 Å². The van der Waals surface area contributed by atoms with E-state index in [1.807, 2.05) is 37.3 Å². The van der Waals surface area contributed by atoms with Crippen LogP contribution in [-0.4, -0.2) is 38.0 Å². The van der Waals surface area contributed by atoms with Gasteiger partial charge in [-0.1, -0.05) is 36.9 Å². The molecule has 33 heavy (non-hydrogen) atoms. The van der Waals surface area contributed by atoms with Gasteiger partial charge in [0.2, 0.25) is 5.65 Å². The van der Waals surface area contributed by atoms with Crippen LogP contribution in [0.3, 0.4) is 0 Å². The molecule has 0 aliphatic heterocycles.